The molecular formula is C22H23F3N6O. The number of benzene rings is 2. The Bertz CT molecular complexity index is 1030. The number of aliphatic imine (C=N–C) groups is 1. The summed E-state index contributed by atoms with van der Waals surface area (Å²) in [5, 5.41) is 14.4. The van der Waals surface area contributed by atoms with Crippen LogP contribution in [0.15, 0.2) is 47.5 Å². The fraction of sp³-hybridized carbons (Fsp3) is 0.318. The molecule has 1 heterocycles. The average molecular weight is 444 g/mol. The molecule has 3 rings (SSSR count). The molecule has 0 aliphatic carbocycles. The predicted molar refractivity (Wildman–Crippen MR) is 115 cm³/mol. The summed E-state index contributed by atoms with van der Waals surface area (Å²) in [6.07, 6.45) is 1.79. The molecule has 0 aromatic heterocycles. The van der Waals surface area contributed by atoms with Crippen molar-refractivity contribution >= 4 is 23.4 Å². The summed E-state index contributed by atoms with van der Waals surface area (Å²) in [4.78, 5) is 20.2. The normalized spacial score (nSPS) is 16.7. The topological polar surface area (TPSA) is 83.8 Å². The van der Waals surface area contributed by atoms with Gasteiger partial charge in [0.25, 0.3) is 0 Å². The summed E-state index contributed by atoms with van der Waals surface area (Å²) in [5.74, 6) is -1.65. The quantitative estimate of drug-likeness (QED) is 0.324. The third kappa shape index (κ3) is 5.49. The number of carbonyl (C=O) groups is 1. The summed E-state index contributed by atoms with van der Waals surface area (Å²) >= 11 is 0. The van der Waals surface area contributed by atoms with Crippen molar-refractivity contribution in [3.63, 3.8) is 0 Å². The molecule has 7 nitrogen and oxygen atoms in total. The molecule has 2 N–H and O–H groups in total. The van der Waals surface area contributed by atoms with E-state index < -0.39 is 17.5 Å². The molecule has 1 aliphatic heterocycles. The first-order valence-corrected chi connectivity index (χ1v) is 10.1. The molecule has 0 spiro atoms. The van der Waals surface area contributed by atoms with E-state index in [2.05, 4.69) is 15.6 Å². The standard InChI is InChI=1S/C22H23F3N6O/c1-14(2)20-12-30(22(32)28-17-6-3-15(23)4-7-17)9-10-31(20)21(27-13-26)29-19-11-16(24)5-8-18(19)25/h3-8,11,14,20H,9-10,12H2,1-2H3,(H,27,29)(H,28,32). The molecule has 0 bridgehead atoms. The first kappa shape index (κ1) is 22.9. The van der Waals surface area contributed by atoms with Crippen LogP contribution in [0.5, 0.6) is 0 Å². The highest BCUT2D eigenvalue weighted by Gasteiger charge is 2.33. The second-order valence-corrected chi connectivity index (χ2v) is 7.66. The zero-order valence-electron chi connectivity index (χ0n) is 17.6. The van der Waals surface area contributed by atoms with Gasteiger partial charge in [-0.05, 0) is 42.3 Å². The summed E-state index contributed by atoms with van der Waals surface area (Å²) in [6, 6.07) is 7.77. The molecule has 0 radical (unpaired) electrons. The van der Waals surface area contributed by atoms with Gasteiger partial charge >= 0.3 is 6.03 Å². The van der Waals surface area contributed by atoms with E-state index in [1.807, 2.05) is 13.8 Å². The molecule has 1 fully saturated rings. The van der Waals surface area contributed by atoms with Crippen molar-refractivity contribution in [3.8, 4) is 6.19 Å². The van der Waals surface area contributed by atoms with E-state index in [9.17, 15) is 23.2 Å². The average Bonchev–Trinajstić information content (AvgIpc) is 2.77. The number of amides is 2. The van der Waals surface area contributed by atoms with Gasteiger partial charge in [0.05, 0.1) is 6.04 Å². The van der Waals surface area contributed by atoms with E-state index in [1.165, 1.54) is 24.3 Å². The molecule has 1 aliphatic rings. The van der Waals surface area contributed by atoms with E-state index in [4.69, 9.17) is 0 Å². The summed E-state index contributed by atoms with van der Waals surface area (Å²) in [5.41, 5.74) is 0.233. The number of halogens is 3. The lowest BCUT2D eigenvalue weighted by Gasteiger charge is -2.44. The summed E-state index contributed by atoms with van der Waals surface area (Å²) in [7, 11) is 0. The molecule has 10 heteroatoms. The largest absolute Gasteiger partial charge is 0.335 e. The van der Waals surface area contributed by atoms with Gasteiger partial charge in [0.1, 0.15) is 23.1 Å². The number of rotatable bonds is 3. The van der Waals surface area contributed by atoms with Gasteiger partial charge in [-0.25, -0.2) is 23.0 Å². The lowest BCUT2D eigenvalue weighted by atomic mass is 10.00. The van der Waals surface area contributed by atoms with Crippen molar-refractivity contribution in [2.45, 2.75) is 19.9 Å². The van der Waals surface area contributed by atoms with Crippen molar-refractivity contribution in [1.29, 1.82) is 5.26 Å². The Morgan fingerprint density at radius 1 is 1.12 bits per heavy atom. The smallest absolute Gasteiger partial charge is 0.321 e. The van der Waals surface area contributed by atoms with Crippen LogP contribution in [-0.4, -0.2) is 47.5 Å². The maximum atomic E-state index is 14.1. The van der Waals surface area contributed by atoms with Crippen molar-refractivity contribution in [3.05, 3.63) is 59.9 Å². The van der Waals surface area contributed by atoms with E-state index in [1.54, 1.807) is 16.0 Å². The Kier molecular flexibility index (Phi) is 7.20. The number of nitriles is 1. The van der Waals surface area contributed by atoms with E-state index in [0.29, 0.717) is 25.3 Å². The first-order chi connectivity index (χ1) is 15.3. The number of urea groups is 1. The zero-order chi connectivity index (χ0) is 23.3. The SMILES string of the molecule is CC(C)C1CN(C(=O)Nc2ccc(F)cc2)CCN1C(=Nc1cc(F)ccc1F)NC#N. The first-order valence-electron chi connectivity index (χ1n) is 10.1. The fourth-order valence-corrected chi connectivity index (χ4v) is 3.46. The Morgan fingerprint density at radius 3 is 2.47 bits per heavy atom. The number of nitrogens with zero attached hydrogens (tertiary/aromatic N) is 4. The molecule has 1 atom stereocenters. The molecule has 2 amide bonds. The van der Waals surface area contributed by atoms with Crippen LogP contribution >= 0.6 is 0 Å². The van der Waals surface area contributed by atoms with Crippen LogP contribution in [0.3, 0.4) is 0 Å². The van der Waals surface area contributed by atoms with E-state index >= 15 is 0 Å². The minimum Gasteiger partial charge on any atom is -0.335 e. The Hall–Kier alpha value is -3.74. The van der Waals surface area contributed by atoms with Crippen LogP contribution in [0.4, 0.5) is 29.3 Å². The van der Waals surface area contributed by atoms with Crippen molar-refractivity contribution in [2.24, 2.45) is 10.9 Å². The number of hydrogen-bond acceptors (Lipinski definition) is 3. The highest BCUT2D eigenvalue weighted by Crippen LogP contribution is 2.23. The highest BCUT2D eigenvalue weighted by molar-refractivity contribution is 5.90. The number of nitrogens with one attached hydrogen (secondary N) is 2. The van der Waals surface area contributed by atoms with Crippen LogP contribution in [0, 0.1) is 34.8 Å². The molecule has 2 aromatic rings. The van der Waals surface area contributed by atoms with E-state index in [0.717, 1.165) is 18.2 Å². The predicted octanol–water partition coefficient (Wildman–Crippen LogP) is 4.04. The van der Waals surface area contributed by atoms with Gasteiger partial charge in [0.2, 0.25) is 5.96 Å². The number of carbonyl (C=O) groups excluding carboxylic acids is 1. The highest BCUT2D eigenvalue weighted by atomic mass is 19.1. The number of hydrogen-bond donors (Lipinski definition) is 2. The lowest BCUT2D eigenvalue weighted by molar-refractivity contribution is 0.118. The Labute approximate surface area is 184 Å². The number of guanidine groups is 1. The molecule has 0 saturated carbocycles. The van der Waals surface area contributed by atoms with Crippen molar-refractivity contribution in [1.82, 2.24) is 15.1 Å². The van der Waals surface area contributed by atoms with Crippen LogP contribution in [0.2, 0.25) is 0 Å². The number of anilines is 1. The number of piperazine rings is 1. The molecule has 2 aromatic carbocycles. The van der Waals surface area contributed by atoms with Gasteiger partial charge in [-0.1, -0.05) is 13.8 Å². The van der Waals surface area contributed by atoms with Crippen LogP contribution < -0.4 is 10.6 Å². The second-order valence-electron chi connectivity index (χ2n) is 7.66. The summed E-state index contributed by atoms with van der Waals surface area (Å²) in [6.45, 7) is 4.82. The molecule has 1 saturated heterocycles. The third-order valence-electron chi connectivity index (χ3n) is 5.15. The zero-order valence-corrected chi connectivity index (χ0v) is 17.6. The van der Waals surface area contributed by atoms with Gasteiger partial charge in [0, 0.05) is 31.4 Å². The van der Waals surface area contributed by atoms with Gasteiger partial charge in [-0.15, -0.1) is 0 Å². The molecule has 168 valence electrons. The Balaban J connectivity index is 1.80. The summed E-state index contributed by atoms with van der Waals surface area (Å²) < 4.78 is 40.8. The fourth-order valence-electron chi connectivity index (χ4n) is 3.46. The minimum absolute atomic E-state index is 0.0412. The van der Waals surface area contributed by atoms with Gasteiger partial charge < -0.3 is 15.1 Å². The van der Waals surface area contributed by atoms with Crippen LogP contribution in [0.1, 0.15) is 13.8 Å². The maximum absolute atomic E-state index is 14.1. The maximum Gasteiger partial charge on any atom is 0.321 e. The molecule has 1 unspecified atom stereocenters. The monoisotopic (exact) mass is 444 g/mol. The van der Waals surface area contributed by atoms with Gasteiger partial charge in [0.15, 0.2) is 6.19 Å². The second kappa shape index (κ2) is 10.0. The van der Waals surface area contributed by atoms with Gasteiger partial charge in [-0.2, -0.15) is 5.26 Å². The molecular weight excluding hydrogens is 421 g/mol. The van der Waals surface area contributed by atoms with Crippen molar-refractivity contribution in [2.75, 3.05) is 25.0 Å². The Morgan fingerprint density at radius 2 is 1.81 bits per heavy atom. The van der Waals surface area contributed by atoms with Crippen LogP contribution in [-0.2, 0) is 0 Å². The minimum atomic E-state index is -0.720. The van der Waals surface area contributed by atoms with Crippen molar-refractivity contribution < 1.29 is 18.0 Å². The van der Waals surface area contributed by atoms with Crippen LogP contribution in [0.25, 0.3) is 0 Å². The lowest BCUT2D eigenvalue weighted by Crippen LogP contribution is -2.60. The van der Waals surface area contributed by atoms with E-state index in [-0.39, 0.29) is 29.6 Å². The van der Waals surface area contributed by atoms with Gasteiger partial charge in [-0.3, -0.25) is 5.32 Å². The molecule has 32 heavy (non-hydrogen) atoms. The third-order valence-corrected chi connectivity index (χ3v) is 5.15.